The summed E-state index contributed by atoms with van der Waals surface area (Å²) in [6.07, 6.45) is 2.10. The second-order valence-electron chi connectivity index (χ2n) is 3.74. The van der Waals surface area contributed by atoms with Crippen molar-refractivity contribution in [3.05, 3.63) is 0 Å². The van der Waals surface area contributed by atoms with Gasteiger partial charge in [0.15, 0.2) is 0 Å². The predicted molar refractivity (Wildman–Crippen MR) is 55.5 cm³/mol. The summed E-state index contributed by atoms with van der Waals surface area (Å²) >= 11 is 3.23. The van der Waals surface area contributed by atoms with E-state index < -0.39 is 0 Å². The van der Waals surface area contributed by atoms with E-state index in [4.69, 9.17) is 0 Å². The van der Waals surface area contributed by atoms with E-state index >= 15 is 0 Å². The molecule has 0 aliphatic carbocycles. The standard InChI is InChI=1S/C9H18BrNO/c1-5-6-9(3,4)11-8(12)7(2)10/h7H,5-6H2,1-4H3,(H,11,12). The molecule has 0 aromatic heterocycles. The quantitative estimate of drug-likeness (QED) is 0.746. The van der Waals surface area contributed by atoms with E-state index in [0.717, 1.165) is 12.8 Å². The molecule has 0 bridgehead atoms. The smallest absolute Gasteiger partial charge is 0.233 e. The first-order valence-electron chi connectivity index (χ1n) is 4.35. The summed E-state index contributed by atoms with van der Waals surface area (Å²) in [5, 5.41) is 2.97. The Morgan fingerprint density at radius 2 is 2.08 bits per heavy atom. The van der Waals surface area contributed by atoms with Gasteiger partial charge < -0.3 is 5.32 Å². The Morgan fingerprint density at radius 3 is 2.42 bits per heavy atom. The Hall–Kier alpha value is -0.0500. The molecule has 1 N–H and O–H groups in total. The molecular formula is C9H18BrNO. The number of nitrogens with one attached hydrogen (secondary N) is 1. The van der Waals surface area contributed by atoms with Crippen LogP contribution in [0, 0.1) is 0 Å². The highest BCUT2D eigenvalue weighted by atomic mass is 79.9. The van der Waals surface area contributed by atoms with Crippen LogP contribution in [0.25, 0.3) is 0 Å². The first-order valence-corrected chi connectivity index (χ1v) is 5.26. The van der Waals surface area contributed by atoms with E-state index in [1.54, 1.807) is 0 Å². The fourth-order valence-corrected chi connectivity index (χ4v) is 1.23. The predicted octanol–water partition coefficient (Wildman–Crippen LogP) is 2.46. The molecule has 0 aliphatic rings. The van der Waals surface area contributed by atoms with Gasteiger partial charge in [0.1, 0.15) is 0 Å². The van der Waals surface area contributed by atoms with Gasteiger partial charge in [-0.25, -0.2) is 0 Å². The van der Waals surface area contributed by atoms with Crippen LogP contribution in [-0.2, 0) is 4.79 Å². The summed E-state index contributed by atoms with van der Waals surface area (Å²) in [5.74, 6) is 0.0634. The van der Waals surface area contributed by atoms with Crippen LogP contribution in [0.5, 0.6) is 0 Å². The normalized spacial score (nSPS) is 14.1. The van der Waals surface area contributed by atoms with Crippen LogP contribution in [0.15, 0.2) is 0 Å². The van der Waals surface area contributed by atoms with Crippen molar-refractivity contribution in [2.24, 2.45) is 0 Å². The maximum absolute atomic E-state index is 11.3. The molecule has 0 aromatic rings. The van der Waals surface area contributed by atoms with Gasteiger partial charge in [-0.3, -0.25) is 4.79 Å². The molecule has 0 aromatic carbocycles. The van der Waals surface area contributed by atoms with Crippen LogP contribution in [-0.4, -0.2) is 16.3 Å². The van der Waals surface area contributed by atoms with Gasteiger partial charge in [0.25, 0.3) is 0 Å². The van der Waals surface area contributed by atoms with Crippen LogP contribution < -0.4 is 5.32 Å². The lowest BCUT2D eigenvalue weighted by molar-refractivity contribution is -0.121. The molecule has 72 valence electrons. The molecule has 0 aliphatic heterocycles. The van der Waals surface area contributed by atoms with Gasteiger partial charge in [0, 0.05) is 5.54 Å². The van der Waals surface area contributed by atoms with Gasteiger partial charge in [0.05, 0.1) is 4.83 Å². The highest BCUT2D eigenvalue weighted by Gasteiger charge is 2.20. The van der Waals surface area contributed by atoms with Crippen LogP contribution in [0.2, 0.25) is 0 Å². The first kappa shape index (κ1) is 11.9. The third-order valence-electron chi connectivity index (χ3n) is 1.70. The van der Waals surface area contributed by atoms with E-state index in [1.807, 2.05) is 20.8 Å². The van der Waals surface area contributed by atoms with Gasteiger partial charge in [-0.2, -0.15) is 0 Å². The molecule has 3 heteroatoms. The van der Waals surface area contributed by atoms with Crippen molar-refractivity contribution < 1.29 is 4.79 Å². The molecule has 0 saturated heterocycles. The molecule has 1 atom stereocenters. The highest BCUT2D eigenvalue weighted by Crippen LogP contribution is 2.11. The van der Waals surface area contributed by atoms with Crippen LogP contribution in [0.4, 0.5) is 0 Å². The van der Waals surface area contributed by atoms with E-state index in [-0.39, 0.29) is 16.3 Å². The number of rotatable bonds is 4. The minimum absolute atomic E-state index is 0.0634. The lowest BCUT2D eigenvalue weighted by Gasteiger charge is -2.26. The number of carbonyl (C=O) groups is 1. The fourth-order valence-electron chi connectivity index (χ4n) is 1.12. The van der Waals surface area contributed by atoms with E-state index in [1.165, 1.54) is 0 Å². The van der Waals surface area contributed by atoms with E-state index in [9.17, 15) is 4.79 Å². The summed E-state index contributed by atoms with van der Waals surface area (Å²) in [6.45, 7) is 8.04. The van der Waals surface area contributed by atoms with Gasteiger partial charge in [0.2, 0.25) is 5.91 Å². The van der Waals surface area contributed by atoms with Gasteiger partial charge >= 0.3 is 0 Å². The van der Waals surface area contributed by atoms with Crippen molar-refractivity contribution in [2.45, 2.75) is 50.9 Å². The molecule has 2 nitrogen and oxygen atoms in total. The second kappa shape index (κ2) is 4.85. The van der Waals surface area contributed by atoms with Crippen molar-refractivity contribution in [2.75, 3.05) is 0 Å². The number of alkyl halides is 1. The molecule has 0 radical (unpaired) electrons. The zero-order chi connectivity index (χ0) is 9.78. The molecule has 0 fully saturated rings. The van der Waals surface area contributed by atoms with Crippen molar-refractivity contribution in [3.63, 3.8) is 0 Å². The molecule has 0 spiro atoms. The topological polar surface area (TPSA) is 29.1 Å². The van der Waals surface area contributed by atoms with Crippen LogP contribution in [0.3, 0.4) is 0 Å². The summed E-state index contributed by atoms with van der Waals surface area (Å²) in [7, 11) is 0. The van der Waals surface area contributed by atoms with E-state index in [2.05, 4.69) is 28.2 Å². The van der Waals surface area contributed by atoms with E-state index in [0.29, 0.717) is 0 Å². The Bertz CT molecular complexity index is 155. The first-order chi connectivity index (χ1) is 5.39. The molecule has 1 amide bonds. The molecule has 1 unspecified atom stereocenters. The van der Waals surface area contributed by atoms with Gasteiger partial charge in [-0.15, -0.1) is 0 Å². The minimum atomic E-state index is -0.103. The fraction of sp³-hybridized carbons (Fsp3) is 0.889. The Labute approximate surface area is 83.2 Å². The third-order valence-corrected chi connectivity index (χ3v) is 2.11. The average Bonchev–Trinajstić information content (AvgIpc) is 1.85. The third kappa shape index (κ3) is 4.75. The molecule has 0 rings (SSSR count). The summed E-state index contributed by atoms with van der Waals surface area (Å²) in [4.78, 5) is 11.2. The number of halogens is 1. The number of hydrogen-bond donors (Lipinski definition) is 1. The molecule has 12 heavy (non-hydrogen) atoms. The Balaban J connectivity index is 3.96. The SMILES string of the molecule is CCCC(C)(C)NC(=O)C(C)Br. The zero-order valence-electron chi connectivity index (χ0n) is 8.28. The maximum atomic E-state index is 11.3. The Kier molecular flexibility index (Phi) is 4.83. The summed E-state index contributed by atoms with van der Waals surface area (Å²) in [5.41, 5.74) is -0.0755. The number of carbonyl (C=O) groups excluding carboxylic acids is 1. The summed E-state index contributed by atoms with van der Waals surface area (Å²) in [6, 6.07) is 0. The van der Waals surface area contributed by atoms with Crippen molar-refractivity contribution in [1.29, 1.82) is 0 Å². The second-order valence-corrected chi connectivity index (χ2v) is 5.11. The lowest BCUT2D eigenvalue weighted by Crippen LogP contribution is -2.45. The van der Waals surface area contributed by atoms with Crippen molar-refractivity contribution >= 4 is 21.8 Å². The molecule has 0 heterocycles. The van der Waals surface area contributed by atoms with Gasteiger partial charge in [-0.1, -0.05) is 29.3 Å². The number of amides is 1. The zero-order valence-corrected chi connectivity index (χ0v) is 9.86. The molecule has 0 saturated carbocycles. The number of hydrogen-bond acceptors (Lipinski definition) is 1. The van der Waals surface area contributed by atoms with Crippen LogP contribution >= 0.6 is 15.9 Å². The van der Waals surface area contributed by atoms with Gasteiger partial charge in [-0.05, 0) is 27.2 Å². The summed E-state index contributed by atoms with van der Waals surface area (Å²) < 4.78 is 0. The monoisotopic (exact) mass is 235 g/mol. The Morgan fingerprint density at radius 1 is 1.58 bits per heavy atom. The van der Waals surface area contributed by atoms with Crippen molar-refractivity contribution in [3.8, 4) is 0 Å². The molecular weight excluding hydrogens is 218 g/mol. The largest absolute Gasteiger partial charge is 0.350 e. The maximum Gasteiger partial charge on any atom is 0.233 e. The van der Waals surface area contributed by atoms with Crippen LogP contribution in [0.1, 0.15) is 40.5 Å². The van der Waals surface area contributed by atoms with Crippen molar-refractivity contribution in [1.82, 2.24) is 5.32 Å². The average molecular weight is 236 g/mol. The lowest BCUT2D eigenvalue weighted by atomic mass is 9.99. The highest BCUT2D eigenvalue weighted by molar-refractivity contribution is 9.10. The minimum Gasteiger partial charge on any atom is -0.350 e.